The quantitative estimate of drug-likeness (QED) is 0.585. The standard InChI is InChI=1S/C15H14N4O5S/c1-22-13(21)8-2-4-9(5-3-8)18-15(25)19(17-16-18)10-6-11(20)14-23-7-12(10)24-14/h2-5,10,12,14H,6-7H2,1H3/t10-,12+,14+/m0/s1. The number of carbonyl (C=O) groups is 2. The number of fused-ring (bicyclic) bond motifs is 2. The lowest BCUT2D eigenvalue weighted by Crippen LogP contribution is -2.37. The Bertz CT molecular complexity index is 890. The lowest BCUT2D eigenvalue weighted by atomic mass is 10.0. The van der Waals surface area contributed by atoms with Crippen molar-refractivity contribution in [1.29, 1.82) is 0 Å². The highest BCUT2D eigenvalue weighted by Gasteiger charge is 2.45. The molecule has 2 bridgehead atoms. The van der Waals surface area contributed by atoms with Crippen LogP contribution in [0.4, 0.5) is 0 Å². The molecular formula is C15H14N4O5S. The number of esters is 1. The number of methoxy groups -OCH3 is 1. The van der Waals surface area contributed by atoms with Gasteiger partial charge in [-0.15, -0.1) is 0 Å². The minimum absolute atomic E-state index is 0.127. The summed E-state index contributed by atoms with van der Waals surface area (Å²) in [4.78, 5) is 23.5. The highest BCUT2D eigenvalue weighted by atomic mass is 32.1. The second kappa shape index (κ2) is 6.14. The van der Waals surface area contributed by atoms with Crippen molar-refractivity contribution in [2.24, 2.45) is 0 Å². The SMILES string of the molecule is COC(=O)c1ccc(-n2nnn([C@H]3CC(=O)[C@@H]4OC[C@H]3O4)c2=S)cc1. The summed E-state index contributed by atoms with van der Waals surface area (Å²) in [5.74, 6) is -0.551. The zero-order valence-corrected chi connectivity index (χ0v) is 14.0. The fraction of sp³-hybridized carbons (Fsp3) is 0.400. The summed E-state index contributed by atoms with van der Waals surface area (Å²) in [7, 11) is 1.32. The normalized spacial score (nSPS) is 25.2. The summed E-state index contributed by atoms with van der Waals surface area (Å²) in [5.41, 5.74) is 1.07. The van der Waals surface area contributed by atoms with Gasteiger partial charge in [-0.2, -0.15) is 4.68 Å². The molecule has 10 heteroatoms. The first-order chi connectivity index (χ1) is 12.1. The average Bonchev–Trinajstić information content (AvgIpc) is 3.23. The van der Waals surface area contributed by atoms with Gasteiger partial charge in [-0.1, -0.05) is 0 Å². The lowest BCUT2D eigenvalue weighted by Gasteiger charge is -2.25. The molecule has 3 atom stereocenters. The molecule has 1 aromatic heterocycles. The summed E-state index contributed by atoms with van der Waals surface area (Å²) in [5, 5.41) is 8.15. The number of rotatable bonds is 3. The van der Waals surface area contributed by atoms with Gasteiger partial charge in [-0.05, 0) is 46.9 Å². The maximum atomic E-state index is 12.0. The number of benzene rings is 1. The molecule has 25 heavy (non-hydrogen) atoms. The minimum atomic E-state index is -0.767. The Kier molecular flexibility index (Phi) is 3.94. The zero-order chi connectivity index (χ0) is 17.6. The van der Waals surface area contributed by atoms with Crippen LogP contribution in [-0.2, 0) is 19.0 Å². The maximum absolute atomic E-state index is 12.0. The Hall–Kier alpha value is -2.43. The van der Waals surface area contributed by atoms with E-state index in [2.05, 4.69) is 15.2 Å². The second-order valence-electron chi connectivity index (χ2n) is 5.73. The van der Waals surface area contributed by atoms with Crippen LogP contribution in [0.5, 0.6) is 0 Å². The molecule has 2 fully saturated rings. The molecule has 0 spiro atoms. The van der Waals surface area contributed by atoms with Crippen LogP contribution in [0.1, 0.15) is 22.8 Å². The third-order valence-electron chi connectivity index (χ3n) is 4.26. The average molecular weight is 362 g/mol. The first-order valence-electron chi connectivity index (χ1n) is 7.61. The topological polar surface area (TPSA) is 97.5 Å². The van der Waals surface area contributed by atoms with Crippen molar-refractivity contribution < 1.29 is 23.8 Å². The molecule has 4 rings (SSSR count). The number of nitrogens with zero attached hydrogens (tertiary/aromatic N) is 4. The number of aromatic nitrogens is 4. The number of ketones is 1. The van der Waals surface area contributed by atoms with Gasteiger partial charge in [0.15, 0.2) is 5.78 Å². The Morgan fingerprint density at radius 1 is 1.32 bits per heavy atom. The van der Waals surface area contributed by atoms with Gasteiger partial charge < -0.3 is 14.2 Å². The van der Waals surface area contributed by atoms with Crippen molar-refractivity contribution in [3.63, 3.8) is 0 Å². The van der Waals surface area contributed by atoms with Gasteiger partial charge in [0.05, 0.1) is 31.0 Å². The van der Waals surface area contributed by atoms with Crippen LogP contribution in [0.3, 0.4) is 0 Å². The van der Waals surface area contributed by atoms with E-state index < -0.39 is 12.3 Å². The third-order valence-corrected chi connectivity index (χ3v) is 4.62. The summed E-state index contributed by atoms with van der Waals surface area (Å²) in [6.45, 7) is 0.323. The molecule has 130 valence electrons. The van der Waals surface area contributed by atoms with Crippen LogP contribution in [0, 0.1) is 4.77 Å². The zero-order valence-electron chi connectivity index (χ0n) is 13.2. The van der Waals surface area contributed by atoms with E-state index in [0.29, 0.717) is 22.6 Å². The van der Waals surface area contributed by atoms with Crippen molar-refractivity contribution in [2.45, 2.75) is 24.9 Å². The molecule has 0 radical (unpaired) electrons. The van der Waals surface area contributed by atoms with Gasteiger partial charge in [0.1, 0.15) is 6.10 Å². The van der Waals surface area contributed by atoms with Crippen LogP contribution in [-0.4, -0.2) is 57.7 Å². The van der Waals surface area contributed by atoms with Gasteiger partial charge in [0.25, 0.3) is 0 Å². The van der Waals surface area contributed by atoms with Crippen molar-refractivity contribution in [3.8, 4) is 5.69 Å². The van der Waals surface area contributed by atoms with E-state index in [1.54, 1.807) is 24.3 Å². The van der Waals surface area contributed by atoms with Crippen molar-refractivity contribution in [1.82, 2.24) is 19.8 Å². The molecule has 1 aromatic carbocycles. The summed E-state index contributed by atoms with van der Waals surface area (Å²) < 4.78 is 18.8. The van der Waals surface area contributed by atoms with Crippen molar-refractivity contribution >= 4 is 24.0 Å². The minimum Gasteiger partial charge on any atom is -0.465 e. The number of ether oxygens (including phenoxy) is 3. The Morgan fingerprint density at radius 3 is 2.80 bits per heavy atom. The molecule has 2 aromatic rings. The molecule has 2 saturated heterocycles. The van der Waals surface area contributed by atoms with E-state index in [0.717, 1.165) is 0 Å². The summed E-state index contributed by atoms with van der Waals surface area (Å²) >= 11 is 5.45. The highest BCUT2D eigenvalue weighted by molar-refractivity contribution is 7.71. The van der Waals surface area contributed by atoms with E-state index in [-0.39, 0.29) is 24.3 Å². The van der Waals surface area contributed by atoms with Crippen molar-refractivity contribution in [3.05, 3.63) is 34.6 Å². The Morgan fingerprint density at radius 2 is 2.08 bits per heavy atom. The molecule has 0 unspecified atom stereocenters. The predicted octanol–water partition coefficient (Wildman–Crippen LogP) is 0.840. The van der Waals surface area contributed by atoms with Crippen LogP contribution < -0.4 is 0 Å². The van der Waals surface area contributed by atoms with Gasteiger partial charge in [-0.25, -0.2) is 9.48 Å². The number of tetrazole rings is 1. The highest BCUT2D eigenvalue weighted by Crippen LogP contribution is 2.32. The van der Waals surface area contributed by atoms with Crippen LogP contribution >= 0.6 is 12.2 Å². The number of hydrogen-bond donors (Lipinski definition) is 0. The maximum Gasteiger partial charge on any atom is 0.337 e. The molecular weight excluding hydrogens is 348 g/mol. The molecule has 0 saturated carbocycles. The fourth-order valence-corrected chi connectivity index (χ4v) is 3.27. The van der Waals surface area contributed by atoms with E-state index in [1.165, 1.54) is 16.5 Å². The van der Waals surface area contributed by atoms with E-state index >= 15 is 0 Å². The van der Waals surface area contributed by atoms with E-state index in [9.17, 15) is 9.59 Å². The largest absolute Gasteiger partial charge is 0.465 e. The molecule has 9 nitrogen and oxygen atoms in total. The number of Topliss-reactive ketones (excluding diaryl/α,β-unsaturated/α-hetero) is 1. The van der Waals surface area contributed by atoms with Gasteiger partial charge >= 0.3 is 5.97 Å². The van der Waals surface area contributed by atoms with Crippen LogP contribution in [0.15, 0.2) is 24.3 Å². The Balaban J connectivity index is 1.64. The molecule has 3 heterocycles. The fourth-order valence-electron chi connectivity index (χ4n) is 2.95. The van der Waals surface area contributed by atoms with Gasteiger partial charge in [0.2, 0.25) is 11.1 Å². The van der Waals surface area contributed by atoms with Gasteiger partial charge in [-0.3, -0.25) is 4.79 Å². The van der Waals surface area contributed by atoms with Gasteiger partial charge in [0, 0.05) is 6.42 Å². The molecule has 2 aliphatic heterocycles. The molecule has 2 aliphatic rings. The predicted molar refractivity (Wildman–Crippen MR) is 84.8 cm³/mol. The van der Waals surface area contributed by atoms with Crippen LogP contribution in [0.2, 0.25) is 0 Å². The number of carbonyl (C=O) groups excluding carboxylic acids is 2. The van der Waals surface area contributed by atoms with E-state index in [4.69, 9.17) is 21.7 Å². The lowest BCUT2D eigenvalue weighted by molar-refractivity contribution is -0.156. The molecule has 0 N–H and O–H groups in total. The second-order valence-corrected chi connectivity index (χ2v) is 6.10. The monoisotopic (exact) mass is 362 g/mol. The third kappa shape index (κ3) is 2.68. The molecule has 0 amide bonds. The Labute approximate surface area is 147 Å². The first-order valence-corrected chi connectivity index (χ1v) is 8.02. The summed E-state index contributed by atoms with van der Waals surface area (Å²) in [6.07, 6.45) is -0.804. The van der Waals surface area contributed by atoms with E-state index in [1.807, 2.05) is 0 Å². The summed E-state index contributed by atoms with van der Waals surface area (Å²) in [6, 6.07) is 6.27. The van der Waals surface area contributed by atoms with Crippen molar-refractivity contribution in [2.75, 3.05) is 13.7 Å². The first kappa shape index (κ1) is 16.1. The smallest absolute Gasteiger partial charge is 0.337 e. The number of hydrogen-bond acceptors (Lipinski definition) is 8. The van der Waals surface area contributed by atoms with Crippen LogP contribution in [0.25, 0.3) is 5.69 Å². The molecule has 0 aliphatic carbocycles.